The molecule has 0 spiro atoms. The molecule has 0 saturated carbocycles. The van der Waals surface area contributed by atoms with Crippen LogP contribution in [0, 0.1) is 5.82 Å². The fourth-order valence-electron chi connectivity index (χ4n) is 2.54. The molecule has 154 valence electrons. The maximum Gasteiger partial charge on any atom is 0.274 e. The number of amides is 1. The summed E-state index contributed by atoms with van der Waals surface area (Å²) in [5, 5.41) is 4.04. The first-order valence-electron chi connectivity index (χ1n) is 9.15. The number of hydrazone groups is 1. The number of ether oxygens (including phenoxy) is 2. The molecule has 8 heteroatoms. The molecule has 1 amide bonds. The van der Waals surface area contributed by atoms with E-state index in [9.17, 15) is 9.18 Å². The molecule has 3 aromatic rings. The molecule has 0 saturated heterocycles. The van der Waals surface area contributed by atoms with Crippen LogP contribution >= 0.6 is 11.6 Å². The van der Waals surface area contributed by atoms with Crippen LogP contribution in [0.15, 0.2) is 65.9 Å². The van der Waals surface area contributed by atoms with Gasteiger partial charge < -0.3 is 9.47 Å². The number of hydrogen-bond donors (Lipinski definition) is 1. The first-order chi connectivity index (χ1) is 14.6. The Morgan fingerprint density at radius 1 is 1.17 bits per heavy atom. The summed E-state index contributed by atoms with van der Waals surface area (Å²) < 4.78 is 25.1. The van der Waals surface area contributed by atoms with Crippen molar-refractivity contribution in [1.82, 2.24) is 10.4 Å². The largest absolute Gasteiger partial charge is 0.490 e. The monoisotopic (exact) mass is 427 g/mol. The van der Waals surface area contributed by atoms with Crippen LogP contribution in [0.5, 0.6) is 11.5 Å². The Labute approximate surface area is 178 Å². The average Bonchev–Trinajstić information content (AvgIpc) is 2.74. The number of hydrogen-bond acceptors (Lipinski definition) is 5. The summed E-state index contributed by atoms with van der Waals surface area (Å²) in [5.41, 5.74) is 3.75. The van der Waals surface area contributed by atoms with E-state index in [0.717, 1.165) is 0 Å². The summed E-state index contributed by atoms with van der Waals surface area (Å²) in [6, 6.07) is 14.7. The molecule has 0 aliphatic heterocycles. The highest BCUT2D eigenvalue weighted by Gasteiger charge is 2.10. The van der Waals surface area contributed by atoms with Gasteiger partial charge in [0.05, 0.1) is 18.4 Å². The number of carbonyl (C=O) groups is 1. The third kappa shape index (κ3) is 5.55. The van der Waals surface area contributed by atoms with Crippen LogP contribution in [0.4, 0.5) is 4.39 Å². The molecule has 1 N–H and O–H groups in total. The number of halogens is 2. The van der Waals surface area contributed by atoms with Gasteiger partial charge in [0, 0.05) is 11.8 Å². The zero-order valence-corrected chi connectivity index (χ0v) is 16.9. The minimum atomic E-state index is -0.473. The lowest BCUT2D eigenvalue weighted by Crippen LogP contribution is -2.18. The summed E-state index contributed by atoms with van der Waals surface area (Å²) in [7, 11) is 0. The standard InChI is InChI=1S/C22H19ClFN3O3/c1-2-29-20-12-15(13-26-27-22(28)17-7-5-11-25-21(17)23)9-10-19(20)30-14-16-6-3-4-8-18(16)24/h3-13H,2,14H2,1H3,(H,27,28)/b26-13+. The summed E-state index contributed by atoms with van der Waals surface area (Å²) in [5.74, 6) is 0.158. The van der Waals surface area contributed by atoms with Crippen LogP contribution in [-0.4, -0.2) is 23.7 Å². The van der Waals surface area contributed by atoms with Gasteiger partial charge in [0.25, 0.3) is 5.91 Å². The van der Waals surface area contributed by atoms with E-state index in [1.54, 1.807) is 48.5 Å². The second-order valence-electron chi connectivity index (χ2n) is 6.06. The molecule has 0 aliphatic rings. The van der Waals surface area contributed by atoms with Gasteiger partial charge in [-0.3, -0.25) is 4.79 Å². The Morgan fingerprint density at radius 3 is 2.77 bits per heavy atom. The highest BCUT2D eigenvalue weighted by Crippen LogP contribution is 2.29. The van der Waals surface area contributed by atoms with Crippen LogP contribution in [0.2, 0.25) is 5.15 Å². The first kappa shape index (κ1) is 21.3. The number of nitrogens with one attached hydrogen (secondary N) is 1. The summed E-state index contributed by atoms with van der Waals surface area (Å²) in [6.45, 7) is 2.34. The molecule has 2 aromatic carbocycles. The van der Waals surface area contributed by atoms with Gasteiger partial charge in [0.15, 0.2) is 11.5 Å². The zero-order valence-electron chi connectivity index (χ0n) is 16.1. The predicted octanol–water partition coefficient (Wildman–Crippen LogP) is 4.62. The van der Waals surface area contributed by atoms with Crippen LogP contribution in [-0.2, 0) is 6.61 Å². The molecule has 6 nitrogen and oxygen atoms in total. The normalized spacial score (nSPS) is 10.8. The molecular weight excluding hydrogens is 409 g/mol. The van der Waals surface area contributed by atoms with Crippen LogP contribution < -0.4 is 14.9 Å². The molecule has 1 heterocycles. The van der Waals surface area contributed by atoms with Crippen molar-refractivity contribution < 1.29 is 18.7 Å². The molecule has 0 aliphatic carbocycles. The minimum Gasteiger partial charge on any atom is -0.490 e. The highest BCUT2D eigenvalue weighted by molar-refractivity contribution is 6.32. The van der Waals surface area contributed by atoms with E-state index in [1.807, 2.05) is 6.92 Å². The lowest BCUT2D eigenvalue weighted by atomic mass is 10.2. The fourth-order valence-corrected chi connectivity index (χ4v) is 2.75. The second-order valence-corrected chi connectivity index (χ2v) is 6.42. The van der Waals surface area contributed by atoms with Crippen molar-refractivity contribution in [1.29, 1.82) is 0 Å². The van der Waals surface area contributed by atoms with Gasteiger partial charge in [0.2, 0.25) is 0 Å². The van der Waals surface area contributed by atoms with Crippen molar-refractivity contribution in [3.63, 3.8) is 0 Å². The number of nitrogens with zero attached hydrogens (tertiary/aromatic N) is 2. The second kappa shape index (κ2) is 10.4. The van der Waals surface area contributed by atoms with Gasteiger partial charge in [-0.2, -0.15) is 5.10 Å². The van der Waals surface area contributed by atoms with Gasteiger partial charge in [0.1, 0.15) is 17.6 Å². The lowest BCUT2D eigenvalue weighted by Gasteiger charge is -2.13. The Bertz CT molecular complexity index is 1060. The zero-order chi connectivity index (χ0) is 21.3. The van der Waals surface area contributed by atoms with Gasteiger partial charge >= 0.3 is 0 Å². The first-order valence-corrected chi connectivity index (χ1v) is 9.53. The molecule has 30 heavy (non-hydrogen) atoms. The Balaban J connectivity index is 1.68. The predicted molar refractivity (Wildman–Crippen MR) is 113 cm³/mol. The van der Waals surface area contributed by atoms with Crippen molar-refractivity contribution in [2.24, 2.45) is 5.10 Å². The van der Waals surface area contributed by atoms with E-state index in [1.165, 1.54) is 18.5 Å². The number of pyridine rings is 1. The summed E-state index contributed by atoms with van der Waals surface area (Å²) in [4.78, 5) is 16.0. The summed E-state index contributed by atoms with van der Waals surface area (Å²) >= 11 is 5.89. The van der Waals surface area contributed by atoms with Crippen LogP contribution in [0.1, 0.15) is 28.4 Å². The lowest BCUT2D eigenvalue weighted by molar-refractivity contribution is 0.0955. The number of rotatable bonds is 8. The molecular formula is C22H19ClFN3O3. The van der Waals surface area contributed by atoms with Gasteiger partial charge in [-0.1, -0.05) is 29.8 Å². The number of carbonyl (C=O) groups excluding carboxylic acids is 1. The van der Waals surface area contributed by atoms with Crippen LogP contribution in [0.3, 0.4) is 0 Å². The third-order valence-electron chi connectivity index (χ3n) is 3.99. The van der Waals surface area contributed by atoms with Crippen molar-refractivity contribution in [2.45, 2.75) is 13.5 Å². The van der Waals surface area contributed by atoms with E-state index in [2.05, 4.69) is 15.5 Å². The van der Waals surface area contributed by atoms with Gasteiger partial charge in [-0.05, 0) is 48.9 Å². The topological polar surface area (TPSA) is 72.8 Å². The number of aromatic nitrogens is 1. The molecule has 0 radical (unpaired) electrons. The maximum atomic E-state index is 13.8. The molecule has 0 bridgehead atoms. The summed E-state index contributed by atoms with van der Waals surface area (Å²) in [6.07, 6.45) is 2.96. The SMILES string of the molecule is CCOc1cc(/C=N/NC(=O)c2cccnc2Cl)ccc1OCc1ccccc1F. The molecule has 3 rings (SSSR count). The maximum absolute atomic E-state index is 13.8. The van der Waals surface area contributed by atoms with E-state index < -0.39 is 5.91 Å². The van der Waals surface area contributed by atoms with E-state index in [4.69, 9.17) is 21.1 Å². The van der Waals surface area contributed by atoms with E-state index in [0.29, 0.717) is 29.2 Å². The van der Waals surface area contributed by atoms with Crippen molar-refractivity contribution in [3.05, 3.63) is 88.5 Å². The Morgan fingerprint density at radius 2 is 2.00 bits per heavy atom. The smallest absolute Gasteiger partial charge is 0.274 e. The molecule has 0 atom stereocenters. The fraction of sp³-hybridized carbons (Fsp3) is 0.136. The minimum absolute atomic E-state index is 0.0715. The van der Waals surface area contributed by atoms with E-state index >= 15 is 0 Å². The van der Waals surface area contributed by atoms with Crippen molar-refractivity contribution >= 4 is 23.7 Å². The quantitative estimate of drug-likeness (QED) is 0.323. The van der Waals surface area contributed by atoms with Crippen molar-refractivity contribution in [2.75, 3.05) is 6.61 Å². The molecule has 0 fully saturated rings. The Kier molecular flexibility index (Phi) is 7.34. The van der Waals surface area contributed by atoms with Crippen molar-refractivity contribution in [3.8, 4) is 11.5 Å². The van der Waals surface area contributed by atoms with Gasteiger partial charge in [-0.15, -0.1) is 0 Å². The average molecular weight is 428 g/mol. The van der Waals surface area contributed by atoms with Crippen LogP contribution in [0.25, 0.3) is 0 Å². The molecule has 0 unspecified atom stereocenters. The highest BCUT2D eigenvalue weighted by atomic mass is 35.5. The number of benzene rings is 2. The van der Waals surface area contributed by atoms with E-state index in [-0.39, 0.29) is 23.1 Å². The third-order valence-corrected chi connectivity index (χ3v) is 4.29. The Hall–Kier alpha value is -3.45. The van der Waals surface area contributed by atoms with Gasteiger partial charge in [-0.25, -0.2) is 14.8 Å². The molecule has 1 aromatic heterocycles.